The monoisotopic (exact) mass is 214 g/mol. The van der Waals surface area contributed by atoms with Crippen LogP contribution in [0.15, 0.2) is 0 Å². The molecule has 1 atom stereocenters. The Balaban J connectivity index is 2.00. The number of carbonyl (C=O) groups excluding carboxylic acids is 1. The lowest BCUT2D eigenvalue weighted by atomic mass is 10.1. The van der Waals surface area contributed by atoms with E-state index in [2.05, 4.69) is 17.6 Å². The molecule has 4 heteroatoms. The number of hydrogen-bond donors (Lipinski definition) is 2. The Kier molecular flexibility index (Phi) is 6.36. The van der Waals surface area contributed by atoms with Gasteiger partial charge in [-0.2, -0.15) is 0 Å². The highest BCUT2D eigenvalue weighted by Gasteiger charge is 2.14. The summed E-state index contributed by atoms with van der Waals surface area (Å²) in [6.45, 7) is 4.90. The molecule has 0 radical (unpaired) electrons. The predicted octanol–water partition coefficient (Wildman–Crippen LogP) is 0.671. The summed E-state index contributed by atoms with van der Waals surface area (Å²) in [5.74, 6) is 0.0672. The molecule has 0 aromatic rings. The minimum Gasteiger partial charge on any atom is -0.376 e. The van der Waals surface area contributed by atoms with Crippen LogP contribution in [0.25, 0.3) is 0 Å². The second-order valence-electron chi connectivity index (χ2n) is 3.97. The molecule has 1 aliphatic heterocycles. The van der Waals surface area contributed by atoms with Gasteiger partial charge in [-0.1, -0.05) is 6.92 Å². The van der Waals surface area contributed by atoms with Crippen LogP contribution in [-0.4, -0.2) is 38.3 Å². The topological polar surface area (TPSA) is 50.4 Å². The highest BCUT2D eigenvalue weighted by molar-refractivity contribution is 5.77. The molecular formula is C11H22N2O2. The molecule has 0 aromatic carbocycles. The minimum atomic E-state index is 0.0672. The van der Waals surface area contributed by atoms with E-state index in [9.17, 15) is 4.79 Å². The number of carbonyl (C=O) groups is 1. The zero-order valence-electron chi connectivity index (χ0n) is 9.55. The van der Waals surface area contributed by atoms with Crippen LogP contribution < -0.4 is 10.6 Å². The molecule has 0 saturated carbocycles. The van der Waals surface area contributed by atoms with Crippen LogP contribution in [0.1, 0.15) is 32.6 Å². The zero-order chi connectivity index (χ0) is 10.9. The molecule has 4 nitrogen and oxygen atoms in total. The third-order valence-corrected chi connectivity index (χ3v) is 2.51. The van der Waals surface area contributed by atoms with E-state index in [0.717, 1.165) is 32.4 Å². The zero-order valence-corrected chi connectivity index (χ0v) is 9.55. The van der Waals surface area contributed by atoms with Gasteiger partial charge < -0.3 is 15.4 Å². The van der Waals surface area contributed by atoms with Crippen LogP contribution in [0.5, 0.6) is 0 Å². The SMILES string of the molecule is CCCNCC(=O)NCC1CCCCO1. The lowest BCUT2D eigenvalue weighted by molar-refractivity contribution is -0.121. The van der Waals surface area contributed by atoms with Crippen molar-refractivity contribution in [3.8, 4) is 0 Å². The van der Waals surface area contributed by atoms with Crippen molar-refractivity contribution < 1.29 is 9.53 Å². The summed E-state index contributed by atoms with van der Waals surface area (Å²) in [6, 6.07) is 0. The molecule has 1 amide bonds. The standard InChI is InChI=1S/C11H22N2O2/c1-2-6-12-9-11(14)13-8-10-5-3-4-7-15-10/h10,12H,2-9H2,1H3,(H,13,14). The number of amides is 1. The summed E-state index contributed by atoms with van der Waals surface area (Å²) >= 11 is 0. The summed E-state index contributed by atoms with van der Waals surface area (Å²) < 4.78 is 5.52. The summed E-state index contributed by atoms with van der Waals surface area (Å²) in [5.41, 5.74) is 0. The molecule has 1 saturated heterocycles. The highest BCUT2D eigenvalue weighted by Crippen LogP contribution is 2.11. The van der Waals surface area contributed by atoms with Crippen molar-refractivity contribution in [2.45, 2.75) is 38.7 Å². The van der Waals surface area contributed by atoms with Crippen molar-refractivity contribution in [2.24, 2.45) is 0 Å². The van der Waals surface area contributed by atoms with Crippen molar-refractivity contribution in [3.63, 3.8) is 0 Å². The molecule has 88 valence electrons. The summed E-state index contributed by atoms with van der Waals surface area (Å²) in [6.07, 6.45) is 4.73. The number of rotatable bonds is 6. The average molecular weight is 214 g/mol. The molecule has 0 spiro atoms. The van der Waals surface area contributed by atoms with Crippen molar-refractivity contribution in [1.29, 1.82) is 0 Å². The van der Waals surface area contributed by atoms with Gasteiger partial charge in [0, 0.05) is 13.2 Å². The Hall–Kier alpha value is -0.610. The Morgan fingerprint density at radius 2 is 2.33 bits per heavy atom. The van der Waals surface area contributed by atoms with E-state index in [1.54, 1.807) is 0 Å². The van der Waals surface area contributed by atoms with Crippen molar-refractivity contribution in [1.82, 2.24) is 10.6 Å². The first-order valence-electron chi connectivity index (χ1n) is 5.92. The number of nitrogens with one attached hydrogen (secondary N) is 2. The van der Waals surface area contributed by atoms with E-state index in [-0.39, 0.29) is 12.0 Å². The smallest absolute Gasteiger partial charge is 0.234 e. The molecule has 0 bridgehead atoms. The number of ether oxygens (including phenoxy) is 1. The van der Waals surface area contributed by atoms with Crippen LogP contribution >= 0.6 is 0 Å². The van der Waals surface area contributed by atoms with Gasteiger partial charge in [0.25, 0.3) is 0 Å². The van der Waals surface area contributed by atoms with Crippen LogP contribution in [0.3, 0.4) is 0 Å². The summed E-state index contributed by atoms with van der Waals surface area (Å²) in [4.78, 5) is 11.3. The first-order chi connectivity index (χ1) is 7.33. The molecular weight excluding hydrogens is 192 g/mol. The van der Waals surface area contributed by atoms with Crippen molar-refractivity contribution in [3.05, 3.63) is 0 Å². The van der Waals surface area contributed by atoms with Gasteiger partial charge in [0.2, 0.25) is 5.91 Å². The second kappa shape index (κ2) is 7.65. The molecule has 0 aromatic heterocycles. The fraction of sp³-hybridized carbons (Fsp3) is 0.909. The van der Waals surface area contributed by atoms with Gasteiger partial charge in [-0.25, -0.2) is 0 Å². The normalized spacial score (nSPS) is 21.3. The molecule has 1 unspecified atom stereocenters. The van der Waals surface area contributed by atoms with E-state index < -0.39 is 0 Å². The van der Waals surface area contributed by atoms with Gasteiger partial charge in [-0.15, -0.1) is 0 Å². The van der Waals surface area contributed by atoms with Gasteiger partial charge in [0.15, 0.2) is 0 Å². The van der Waals surface area contributed by atoms with Crippen molar-refractivity contribution >= 4 is 5.91 Å². The number of hydrogen-bond acceptors (Lipinski definition) is 3. The van der Waals surface area contributed by atoms with Crippen LogP contribution in [0.2, 0.25) is 0 Å². The van der Waals surface area contributed by atoms with Crippen LogP contribution in [0, 0.1) is 0 Å². The molecule has 1 aliphatic rings. The molecule has 0 aliphatic carbocycles. The van der Waals surface area contributed by atoms with Gasteiger partial charge in [-0.3, -0.25) is 4.79 Å². The van der Waals surface area contributed by atoms with Crippen LogP contribution in [-0.2, 0) is 9.53 Å². The maximum Gasteiger partial charge on any atom is 0.234 e. The average Bonchev–Trinajstić information content (AvgIpc) is 2.28. The minimum absolute atomic E-state index is 0.0672. The lowest BCUT2D eigenvalue weighted by Crippen LogP contribution is -2.40. The van der Waals surface area contributed by atoms with Crippen molar-refractivity contribution in [2.75, 3.05) is 26.2 Å². The van der Waals surface area contributed by atoms with E-state index in [1.807, 2.05) is 0 Å². The van der Waals surface area contributed by atoms with Gasteiger partial charge in [-0.05, 0) is 32.2 Å². The van der Waals surface area contributed by atoms with E-state index in [0.29, 0.717) is 13.1 Å². The Morgan fingerprint density at radius 3 is 3.00 bits per heavy atom. The molecule has 2 N–H and O–H groups in total. The quantitative estimate of drug-likeness (QED) is 0.639. The van der Waals surface area contributed by atoms with Gasteiger partial charge in [0.05, 0.1) is 12.6 Å². The first-order valence-corrected chi connectivity index (χ1v) is 5.92. The maximum atomic E-state index is 11.3. The molecule has 1 rings (SSSR count). The maximum absolute atomic E-state index is 11.3. The molecule has 15 heavy (non-hydrogen) atoms. The van der Waals surface area contributed by atoms with E-state index in [4.69, 9.17) is 4.74 Å². The van der Waals surface area contributed by atoms with E-state index >= 15 is 0 Å². The summed E-state index contributed by atoms with van der Waals surface area (Å²) in [5, 5.41) is 5.95. The first kappa shape index (κ1) is 12.5. The third kappa shape index (κ3) is 5.74. The largest absolute Gasteiger partial charge is 0.376 e. The Morgan fingerprint density at radius 1 is 1.47 bits per heavy atom. The fourth-order valence-electron chi connectivity index (χ4n) is 1.64. The lowest BCUT2D eigenvalue weighted by Gasteiger charge is -2.22. The fourth-order valence-corrected chi connectivity index (χ4v) is 1.64. The third-order valence-electron chi connectivity index (χ3n) is 2.51. The Labute approximate surface area is 91.8 Å². The highest BCUT2D eigenvalue weighted by atomic mass is 16.5. The van der Waals surface area contributed by atoms with E-state index in [1.165, 1.54) is 6.42 Å². The Bertz CT molecular complexity index is 179. The second-order valence-corrected chi connectivity index (χ2v) is 3.97. The summed E-state index contributed by atoms with van der Waals surface area (Å²) in [7, 11) is 0. The predicted molar refractivity (Wildman–Crippen MR) is 59.8 cm³/mol. The molecule has 1 fully saturated rings. The van der Waals surface area contributed by atoms with Gasteiger partial charge in [0.1, 0.15) is 0 Å². The van der Waals surface area contributed by atoms with Crippen LogP contribution in [0.4, 0.5) is 0 Å². The molecule has 1 heterocycles. The van der Waals surface area contributed by atoms with Gasteiger partial charge >= 0.3 is 0 Å².